The van der Waals surface area contributed by atoms with Gasteiger partial charge >= 0.3 is 32.7 Å². The largest absolute Gasteiger partial charge is 0.448 e. The maximum absolute atomic E-state index is 10.5. The van der Waals surface area contributed by atoms with E-state index in [2.05, 4.69) is 8.37 Å². The van der Waals surface area contributed by atoms with Crippen molar-refractivity contribution in [1.82, 2.24) is 0 Å². The van der Waals surface area contributed by atoms with Gasteiger partial charge in [0.15, 0.2) is 0 Å². The Hall–Kier alpha value is 1.06. The van der Waals surface area contributed by atoms with E-state index in [1.165, 1.54) is 0 Å². The summed E-state index contributed by atoms with van der Waals surface area (Å²) in [5.41, 5.74) is 0. The molecule has 19 heavy (non-hydrogen) atoms. The predicted octanol–water partition coefficient (Wildman–Crippen LogP) is -2.68. The molecule has 15 heteroatoms. The standard InChI is InChI=1S/C4H6O10S2.3Mg/c5-3(13-15(7,8)9)1-2-4(6)14-16(10,11)12;;;/h1-2H2,(H,7,8,9)(H,10,11,12);;;. The third-order valence-electron chi connectivity index (χ3n) is 0.930. The number of carbonyl (C=O) groups is 2. The van der Waals surface area contributed by atoms with E-state index in [4.69, 9.17) is 9.11 Å². The van der Waals surface area contributed by atoms with E-state index < -0.39 is 45.6 Å². The molecule has 100 valence electrons. The van der Waals surface area contributed by atoms with Gasteiger partial charge < -0.3 is 8.37 Å². The molecule has 0 atom stereocenters. The lowest BCUT2D eigenvalue weighted by Crippen LogP contribution is -2.16. The zero-order chi connectivity index (χ0) is 13.0. The summed E-state index contributed by atoms with van der Waals surface area (Å²) in [7, 11) is -9.95. The lowest BCUT2D eigenvalue weighted by atomic mass is 10.3. The van der Waals surface area contributed by atoms with E-state index in [1.807, 2.05) is 0 Å². The molecule has 0 aliphatic rings. The van der Waals surface area contributed by atoms with Crippen molar-refractivity contribution in [3.8, 4) is 0 Å². The Bertz CT molecular complexity index is 435. The molecule has 0 unspecified atom stereocenters. The Morgan fingerprint density at radius 3 is 1.11 bits per heavy atom. The molecule has 0 fully saturated rings. The van der Waals surface area contributed by atoms with E-state index >= 15 is 0 Å². The second kappa shape index (κ2) is 11.7. The van der Waals surface area contributed by atoms with Crippen LogP contribution in [0, 0.1) is 0 Å². The summed E-state index contributed by atoms with van der Waals surface area (Å²) >= 11 is 0. The van der Waals surface area contributed by atoms with E-state index in [-0.39, 0.29) is 69.2 Å². The van der Waals surface area contributed by atoms with Gasteiger partial charge in [0.2, 0.25) is 0 Å². The molecule has 0 spiro atoms. The molecule has 0 aromatic carbocycles. The molecule has 0 amide bonds. The highest BCUT2D eigenvalue weighted by molar-refractivity contribution is 7.81. The van der Waals surface area contributed by atoms with Crippen LogP contribution >= 0.6 is 0 Å². The number of hydrogen-bond donors (Lipinski definition) is 2. The molecule has 0 aromatic heterocycles. The van der Waals surface area contributed by atoms with Gasteiger partial charge in [-0.25, -0.2) is 0 Å². The zero-order valence-corrected chi connectivity index (χ0v) is 15.4. The van der Waals surface area contributed by atoms with Crippen molar-refractivity contribution in [1.29, 1.82) is 0 Å². The second-order valence-electron chi connectivity index (χ2n) is 2.27. The summed E-state index contributed by atoms with van der Waals surface area (Å²) in [6.07, 6.45) is -1.71. The second-order valence-corrected chi connectivity index (χ2v) is 4.31. The minimum Gasteiger partial charge on any atom is -0.325 e. The van der Waals surface area contributed by atoms with Crippen molar-refractivity contribution in [2.75, 3.05) is 0 Å². The predicted molar refractivity (Wildman–Crippen MR) is 61.8 cm³/mol. The normalized spacial score (nSPS) is 10.0. The maximum atomic E-state index is 10.5. The van der Waals surface area contributed by atoms with Gasteiger partial charge in [-0.1, -0.05) is 0 Å². The fraction of sp³-hybridized carbons (Fsp3) is 0.500. The van der Waals surface area contributed by atoms with E-state index in [0.29, 0.717) is 0 Å². The average Bonchev–Trinajstić information content (AvgIpc) is 1.94. The third-order valence-corrected chi connectivity index (χ3v) is 1.72. The first kappa shape index (κ1) is 28.3. The Labute approximate surface area is 157 Å². The van der Waals surface area contributed by atoms with Crippen molar-refractivity contribution in [2.24, 2.45) is 0 Å². The molecule has 0 saturated carbocycles. The Morgan fingerprint density at radius 2 is 0.947 bits per heavy atom. The summed E-state index contributed by atoms with van der Waals surface area (Å²) in [5, 5.41) is 0. The summed E-state index contributed by atoms with van der Waals surface area (Å²) in [6, 6.07) is 0. The van der Waals surface area contributed by atoms with Crippen LogP contribution in [0.2, 0.25) is 0 Å². The van der Waals surface area contributed by atoms with Crippen molar-refractivity contribution in [3.63, 3.8) is 0 Å². The highest BCUT2D eigenvalue weighted by Gasteiger charge is 2.18. The monoisotopic (exact) mass is 350 g/mol. The van der Waals surface area contributed by atoms with Crippen LogP contribution < -0.4 is 0 Å². The van der Waals surface area contributed by atoms with Crippen LogP contribution in [0.5, 0.6) is 0 Å². The van der Waals surface area contributed by atoms with E-state index in [9.17, 15) is 26.4 Å². The Balaban J connectivity index is -0.000000375. The molecule has 6 radical (unpaired) electrons. The molecule has 0 saturated heterocycles. The van der Waals surface area contributed by atoms with E-state index in [1.54, 1.807) is 0 Å². The molecule has 0 aliphatic carbocycles. The molecule has 0 aliphatic heterocycles. The first-order valence-electron chi connectivity index (χ1n) is 3.39. The average molecular weight is 351 g/mol. The number of rotatable bonds is 5. The maximum Gasteiger partial charge on any atom is 0.448 e. The first-order chi connectivity index (χ1) is 6.99. The number of carbonyl (C=O) groups excluding carboxylic acids is 2. The van der Waals surface area contributed by atoms with Gasteiger partial charge in [-0.15, -0.1) is 0 Å². The van der Waals surface area contributed by atoms with Crippen LogP contribution in [0.15, 0.2) is 0 Å². The van der Waals surface area contributed by atoms with Crippen LogP contribution in [0.25, 0.3) is 0 Å². The Morgan fingerprint density at radius 1 is 0.737 bits per heavy atom. The quantitative estimate of drug-likeness (QED) is 0.394. The Kier molecular flexibility index (Phi) is 17.4. The SMILES string of the molecule is O=C(CCC(=O)OS(=O)(=O)O)OS(=O)(=O)O.[Mg].[Mg].[Mg]. The van der Waals surface area contributed by atoms with Crippen molar-refractivity contribution < 1.29 is 43.9 Å². The highest BCUT2D eigenvalue weighted by Crippen LogP contribution is 2.00. The molecule has 2 N–H and O–H groups in total. The minimum atomic E-state index is -4.98. The lowest BCUT2D eigenvalue weighted by Gasteiger charge is -2.00. The third kappa shape index (κ3) is 21.5. The van der Waals surface area contributed by atoms with Gasteiger partial charge in [-0.3, -0.25) is 18.7 Å². The van der Waals surface area contributed by atoms with Crippen molar-refractivity contribution in [3.05, 3.63) is 0 Å². The zero-order valence-electron chi connectivity index (χ0n) is 9.51. The summed E-state index contributed by atoms with van der Waals surface area (Å²) in [6.45, 7) is 0. The van der Waals surface area contributed by atoms with Crippen LogP contribution in [0.3, 0.4) is 0 Å². The molecular formula is C4H6Mg3O10S2. The lowest BCUT2D eigenvalue weighted by molar-refractivity contribution is -0.140. The molecule has 0 rings (SSSR count). The summed E-state index contributed by atoms with van der Waals surface area (Å²) in [4.78, 5) is 21.1. The molecule has 0 bridgehead atoms. The number of hydrogen-bond acceptors (Lipinski definition) is 8. The van der Waals surface area contributed by atoms with Crippen molar-refractivity contribution in [2.45, 2.75) is 12.8 Å². The van der Waals surface area contributed by atoms with Crippen LogP contribution in [-0.4, -0.2) is 107 Å². The fourth-order valence-corrected chi connectivity index (χ4v) is 1.16. The highest BCUT2D eigenvalue weighted by atomic mass is 32.3. The summed E-state index contributed by atoms with van der Waals surface area (Å²) in [5.74, 6) is -2.98. The minimum absolute atomic E-state index is 0. The van der Waals surface area contributed by atoms with Gasteiger partial charge in [-0.2, -0.15) is 16.8 Å². The van der Waals surface area contributed by atoms with Gasteiger partial charge in [0.05, 0.1) is 12.8 Å². The molecule has 10 nitrogen and oxygen atoms in total. The smallest absolute Gasteiger partial charge is 0.325 e. The van der Waals surface area contributed by atoms with Crippen LogP contribution in [0.4, 0.5) is 0 Å². The van der Waals surface area contributed by atoms with Gasteiger partial charge in [0, 0.05) is 69.2 Å². The van der Waals surface area contributed by atoms with Crippen LogP contribution in [0.1, 0.15) is 12.8 Å². The summed E-state index contributed by atoms with van der Waals surface area (Å²) < 4.78 is 62.7. The topological polar surface area (TPSA) is 161 Å². The molecule has 0 heterocycles. The van der Waals surface area contributed by atoms with Crippen LogP contribution in [-0.2, 0) is 38.8 Å². The van der Waals surface area contributed by atoms with Gasteiger partial charge in [0.1, 0.15) is 0 Å². The fourth-order valence-electron chi connectivity index (χ4n) is 0.522. The van der Waals surface area contributed by atoms with Gasteiger partial charge in [-0.05, 0) is 0 Å². The van der Waals surface area contributed by atoms with Gasteiger partial charge in [0.25, 0.3) is 0 Å². The molecular weight excluding hydrogens is 345 g/mol. The van der Waals surface area contributed by atoms with Crippen molar-refractivity contribution >= 4 is 102 Å². The first-order valence-corrected chi connectivity index (χ1v) is 6.12. The molecule has 0 aromatic rings. The van der Waals surface area contributed by atoms with E-state index in [0.717, 1.165) is 0 Å².